The van der Waals surface area contributed by atoms with Gasteiger partial charge in [0.25, 0.3) is 0 Å². The first kappa shape index (κ1) is 20.0. The smallest absolute Gasteiger partial charge is 0.245 e. The molecule has 0 bridgehead atoms. The van der Waals surface area contributed by atoms with Crippen molar-refractivity contribution in [3.63, 3.8) is 0 Å². The Bertz CT molecular complexity index is 950. The van der Waals surface area contributed by atoms with Gasteiger partial charge in [0.05, 0.1) is 17.8 Å². The highest BCUT2D eigenvalue weighted by Gasteiger charge is 2.25. The zero-order chi connectivity index (χ0) is 20.1. The molecule has 3 aromatic rings. The van der Waals surface area contributed by atoms with E-state index in [-0.39, 0.29) is 17.0 Å². The van der Waals surface area contributed by atoms with Crippen LogP contribution >= 0.6 is 23.7 Å². The van der Waals surface area contributed by atoms with Crippen molar-refractivity contribution in [3.8, 4) is 0 Å². The van der Waals surface area contributed by atoms with E-state index in [1.165, 1.54) is 22.9 Å². The SMILES string of the molecule is Cn1c(Cc2ccccc2)nnc1SCC(=O)NN1CNC(c2ccccc2)S1. The van der Waals surface area contributed by atoms with Gasteiger partial charge in [-0.3, -0.25) is 15.5 Å². The van der Waals surface area contributed by atoms with Gasteiger partial charge in [0.1, 0.15) is 5.82 Å². The summed E-state index contributed by atoms with van der Waals surface area (Å²) >= 11 is 2.96. The van der Waals surface area contributed by atoms with Crippen LogP contribution in [0.5, 0.6) is 0 Å². The van der Waals surface area contributed by atoms with E-state index in [0.29, 0.717) is 13.1 Å². The summed E-state index contributed by atoms with van der Waals surface area (Å²) in [6.07, 6.45) is 0.716. The molecule has 29 heavy (non-hydrogen) atoms. The number of benzene rings is 2. The Morgan fingerprint density at radius 2 is 1.90 bits per heavy atom. The zero-order valence-electron chi connectivity index (χ0n) is 16.0. The van der Waals surface area contributed by atoms with Crippen molar-refractivity contribution in [2.24, 2.45) is 7.05 Å². The molecule has 2 heterocycles. The highest BCUT2D eigenvalue weighted by atomic mass is 32.2. The molecule has 4 rings (SSSR count). The Kier molecular flexibility index (Phi) is 6.50. The highest BCUT2D eigenvalue weighted by Crippen LogP contribution is 2.32. The molecule has 0 saturated carbocycles. The van der Waals surface area contributed by atoms with E-state index in [0.717, 1.165) is 11.0 Å². The molecule has 0 radical (unpaired) electrons. The number of amides is 1. The standard InChI is InChI=1S/C20H22N6OS2/c1-25-17(12-15-8-4-2-5-9-15)22-23-20(25)28-13-18(27)24-26-14-21-19(29-26)16-10-6-3-7-11-16/h2-11,19,21H,12-14H2,1H3,(H,24,27). The van der Waals surface area contributed by atoms with E-state index in [1.54, 1.807) is 11.9 Å². The zero-order valence-corrected chi connectivity index (χ0v) is 17.6. The van der Waals surface area contributed by atoms with E-state index < -0.39 is 0 Å². The Balaban J connectivity index is 1.26. The lowest BCUT2D eigenvalue weighted by molar-refractivity contribution is -0.121. The summed E-state index contributed by atoms with van der Waals surface area (Å²) in [6.45, 7) is 0.589. The fourth-order valence-electron chi connectivity index (χ4n) is 2.94. The largest absolute Gasteiger partial charge is 0.309 e. The summed E-state index contributed by atoms with van der Waals surface area (Å²) in [5.41, 5.74) is 5.30. The first-order valence-corrected chi connectivity index (χ1v) is 11.1. The molecule has 0 aliphatic carbocycles. The molecule has 1 saturated heterocycles. The number of hydrogen-bond donors (Lipinski definition) is 2. The molecule has 9 heteroatoms. The second-order valence-electron chi connectivity index (χ2n) is 6.58. The number of hydrazine groups is 1. The van der Waals surface area contributed by atoms with Crippen LogP contribution in [0.4, 0.5) is 0 Å². The minimum atomic E-state index is -0.0642. The minimum absolute atomic E-state index is 0.0642. The van der Waals surface area contributed by atoms with E-state index in [1.807, 2.05) is 52.4 Å². The van der Waals surface area contributed by atoms with Crippen LogP contribution in [0.1, 0.15) is 22.3 Å². The van der Waals surface area contributed by atoms with Crippen LogP contribution < -0.4 is 10.7 Å². The highest BCUT2D eigenvalue weighted by molar-refractivity contribution is 7.99. The van der Waals surface area contributed by atoms with Crippen LogP contribution in [0.25, 0.3) is 0 Å². The molecule has 0 spiro atoms. The number of nitrogens with one attached hydrogen (secondary N) is 2. The fourth-order valence-corrected chi connectivity index (χ4v) is 4.65. The van der Waals surface area contributed by atoms with E-state index in [9.17, 15) is 4.79 Å². The van der Waals surface area contributed by atoms with Gasteiger partial charge in [-0.25, -0.2) is 0 Å². The summed E-state index contributed by atoms with van der Waals surface area (Å²) in [4.78, 5) is 12.4. The lowest BCUT2D eigenvalue weighted by Gasteiger charge is -2.14. The minimum Gasteiger partial charge on any atom is -0.309 e. The average Bonchev–Trinajstić information content (AvgIpc) is 3.35. The van der Waals surface area contributed by atoms with Crippen molar-refractivity contribution >= 4 is 29.6 Å². The van der Waals surface area contributed by atoms with Gasteiger partial charge < -0.3 is 4.57 Å². The second-order valence-corrected chi connectivity index (χ2v) is 8.65. The van der Waals surface area contributed by atoms with Gasteiger partial charge in [-0.15, -0.1) is 14.6 Å². The van der Waals surface area contributed by atoms with Crippen molar-refractivity contribution in [1.29, 1.82) is 0 Å². The van der Waals surface area contributed by atoms with Crippen molar-refractivity contribution in [1.82, 2.24) is 29.9 Å². The molecule has 1 amide bonds. The second kappa shape index (κ2) is 9.45. The van der Waals surface area contributed by atoms with E-state index >= 15 is 0 Å². The Morgan fingerprint density at radius 1 is 1.17 bits per heavy atom. The van der Waals surface area contributed by atoms with Crippen LogP contribution in [-0.4, -0.2) is 37.5 Å². The number of rotatable bonds is 7. The van der Waals surface area contributed by atoms with Gasteiger partial charge >= 0.3 is 0 Å². The number of hydrogen-bond acceptors (Lipinski definition) is 7. The summed E-state index contributed by atoms with van der Waals surface area (Å²) in [5, 5.41) is 12.8. The molecule has 7 nitrogen and oxygen atoms in total. The van der Waals surface area contributed by atoms with E-state index in [2.05, 4.69) is 45.2 Å². The quantitative estimate of drug-likeness (QED) is 0.444. The van der Waals surface area contributed by atoms with Gasteiger partial charge in [0.15, 0.2) is 5.16 Å². The third-order valence-electron chi connectivity index (χ3n) is 4.47. The van der Waals surface area contributed by atoms with Gasteiger partial charge in [-0.05, 0) is 23.1 Å². The summed E-state index contributed by atoms with van der Waals surface area (Å²) in [6, 6.07) is 20.3. The monoisotopic (exact) mass is 426 g/mol. The molecule has 150 valence electrons. The predicted molar refractivity (Wildman–Crippen MR) is 116 cm³/mol. The molecule has 2 N–H and O–H groups in total. The first-order valence-electron chi connectivity index (χ1n) is 9.26. The number of nitrogens with zero attached hydrogens (tertiary/aromatic N) is 4. The van der Waals surface area contributed by atoms with Gasteiger partial charge in [-0.2, -0.15) is 0 Å². The topological polar surface area (TPSA) is 75.1 Å². The van der Waals surface area contributed by atoms with Crippen molar-refractivity contribution in [2.45, 2.75) is 17.0 Å². The maximum atomic E-state index is 12.4. The van der Waals surface area contributed by atoms with Crippen LogP contribution in [0.2, 0.25) is 0 Å². The Morgan fingerprint density at radius 3 is 2.66 bits per heavy atom. The van der Waals surface area contributed by atoms with Crippen LogP contribution in [-0.2, 0) is 18.3 Å². The van der Waals surface area contributed by atoms with Crippen molar-refractivity contribution in [2.75, 3.05) is 12.4 Å². The van der Waals surface area contributed by atoms with Crippen LogP contribution in [0, 0.1) is 0 Å². The number of carbonyl (C=O) groups excluding carboxylic acids is 1. The van der Waals surface area contributed by atoms with Crippen molar-refractivity contribution < 1.29 is 4.79 Å². The number of carbonyl (C=O) groups is 1. The molecule has 1 unspecified atom stereocenters. The van der Waals surface area contributed by atoms with Crippen LogP contribution in [0.3, 0.4) is 0 Å². The molecule has 1 fully saturated rings. The van der Waals surface area contributed by atoms with E-state index in [4.69, 9.17) is 0 Å². The summed E-state index contributed by atoms with van der Waals surface area (Å²) < 4.78 is 3.78. The number of aromatic nitrogens is 3. The average molecular weight is 427 g/mol. The molecule has 1 atom stereocenters. The van der Waals surface area contributed by atoms with Gasteiger partial charge in [0, 0.05) is 13.5 Å². The Labute approximate surface area is 178 Å². The van der Waals surface area contributed by atoms with Gasteiger partial charge in [-0.1, -0.05) is 72.4 Å². The fraction of sp³-hybridized carbons (Fsp3) is 0.250. The summed E-state index contributed by atoms with van der Waals surface area (Å²) in [5.74, 6) is 1.10. The van der Waals surface area contributed by atoms with Crippen LogP contribution in [0.15, 0.2) is 65.8 Å². The first-order chi connectivity index (χ1) is 14.2. The maximum absolute atomic E-state index is 12.4. The Hall–Kier alpha value is -2.33. The predicted octanol–water partition coefficient (Wildman–Crippen LogP) is 2.74. The third kappa shape index (κ3) is 5.18. The molecular formula is C20H22N6OS2. The lowest BCUT2D eigenvalue weighted by atomic mass is 10.1. The molecule has 1 aliphatic heterocycles. The molecule has 1 aliphatic rings. The molecule has 2 aromatic carbocycles. The number of thioether (sulfide) groups is 1. The maximum Gasteiger partial charge on any atom is 0.245 e. The summed E-state index contributed by atoms with van der Waals surface area (Å²) in [7, 11) is 1.93. The molecular weight excluding hydrogens is 404 g/mol. The normalized spacial score (nSPS) is 16.8. The molecule has 1 aromatic heterocycles. The van der Waals surface area contributed by atoms with Gasteiger partial charge in [0.2, 0.25) is 5.91 Å². The van der Waals surface area contributed by atoms with Crippen molar-refractivity contribution in [3.05, 3.63) is 77.6 Å². The third-order valence-corrected chi connectivity index (χ3v) is 6.61. The lowest BCUT2D eigenvalue weighted by Crippen LogP contribution is -2.38.